The van der Waals surface area contributed by atoms with Gasteiger partial charge < -0.3 is 10.0 Å². The summed E-state index contributed by atoms with van der Waals surface area (Å²) in [7, 11) is 3.33. The molecule has 0 heterocycles. The molecule has 2 rings (SSSR count). The summed E-state index contributed by atoms with van der Waals surface area (Å²) in [6.07, 6.45) is 0. The van der Waals surface area contributed by atoms with Crippen molar-refractivity contribution >= 4 is 5.91 Å². The average Bonchev–Trinajstić information content (AvgIpc) is 2.38. The lowest BCUT2D eigenvalue weighted by atomic mass is 10.0. The van der Waals surface area contributed by atoms with Gasteiger partial charge in [0.1, 0.15) is 11.6 Å². The summed E-state index contributed by atoms with van der Waals surface area (Å²) in [5.74, 6) is -0.780. The third-order valence-electron chi connectivity index (χ3n) is 2.78. The number of benzene rings is 2. The van der Waals surface area contributed by atoms with Crippen LogP contribution < -0.4 is 0 Å². The highest BCUT2D eigenvalue weighted by Crippen LogP contribution is 2.26. The van der Waals surface area contributed by atoms with Crippen LogP contribution in [0.4, 0.5) is 4.39 Å². The summed E-state index contributed by atoms with van der Waals surface area (Å²) >= 11 is 0. The SMILES string of the molecule is CN(C)C(=O)c1cccc(-c2ccc(O)cc2F)c1. The molecule has 1 amide bonds. The molecule has 0 radical (unpaired) electrons. The summed E-state index contributed by atoms with van der Waals surface area (Å²) in [5, 5.41) is 9.20. The molecule has 1 N–H and O–H groups in total. The van der Waals surface area contributed by atoms with Crippen molar-refractivity contribution in [3.8, 4) is 16.9 Å². The molecule has 0 aliphatic carbocycles. The van der Waals surface area contributed by atoms with Gasteiger partial charge in [0, 0.05) is 31.3 Å². The second-order valence-corrected chi connectivity index (χ2v) is 4.44. The first-order chi connectivity index (χ1) is 8.99. The van der Waals surface area contributed by atoms with Crippen LogP contribution in [0.3, 0.4) is 0 Å². The molecule has 0 aliphatic rings. The quantitative estimate of drug-likeness (QED) is 0.900. The molecular formula is C15H14FNO2. The summed E-state index contributed by atoms with van der Waals surface area (Å²) in [6, 6.07) is 10.7. The molecule has 0 atom stereocenters. The van der Waals surface area contributed by atoms with E-state index in [1.165, 1.54) is 17.0 Å². The third kappa shape index (κ3) is 2.73. The minimum Gasteiger partial charge on any atom is -0.508 e. The number of rotatable bonds is 2. The van der Waals surface area contributed by atoms with Gasteiger partial charge in [0.2, 0.25) is 0 Å². The van der Waals surface area contributed by atoms with Crippen molar-refractivity contribution in [2.45, 2.75) is 0 Å². The molecule has 98 valence electrons. The van der Waals surface area contributed by atoms with Gasteiger partial charge in [0.25, 0.3) is 5.91 Å². The Labute approximate surface area is 110 Å². The van der Waals surface area contributed by atoms with E-state index < -0.39 is 5.82 Å². The maximum atomic E-state index is 13.8. The van der Waals surface area contributed by atoms with Crippen molar-refractivity contribution in [3.63, 3.8) is 0 Å². The number of hydrogen-bond donors (Lipinski definition) is 1. The lowest BCUT2D eigenvalue weighted by Gasteiger charge is -2.11. The van der Waals surface area contributed by atoms with E-state index in [9.17, 15) is 14.3 Å². The summed E-state index contributed by atoms with van der Waals surface area (Å²) < 4.78 is 13.8. The second kappa shape index (κ2) is 5.10. The number of phenols is 1. The highest BCUT2D eigenvalue weighted by Gasteiger charge is 2.11. The minimum absolute atomic E-state index is 0.123. The molecule has 0 spiro atoms. The van der Waals surface area contributed by atoms with Crippen molar-refractivity contribution in [1.29, 1.82) is 0 Å². The topological polar surface area (TPSA) is 40.5 Å². The Bertz CT molecular complexity index is 623. The van der Waals surface area contributed by atoms with Crippen LogP contribution in [0.25, 0.3) is 11.1 Å². The minimum atomic E-state index is -0.519. The van der Waals surface area contributed by atoms with Crippen molar-refractivity contribution in [2.75, 3.05) is 14.1 Å². The van der Waals surface area contributed by atoms with Crippen LogP contribution in [-0.2, 0) is 0 Å². The number of amides is 1. The largest absolute Gasteiger partial charge is 0.508 e. The lowest BCUT2D eigenvalue weighted by molar-refractivity contribution is 0.0827. The van der Waals surface area contributed by atoms with E-state index in [0.717, 1.165) is 6.07 Å². The molecule has 0 fully saturated rings. The molecule has 19 heavy (non-hydrogen) atoms. The van der Waals surface area contributed by atoms with E-state index in [1.54, 1.807) is 38.4 Å². The van der Waals surface area contributed by atoms with Crippen LogP contribution in [0.5, 0.6) is 5.75 Å². The molecule has 0 bridgehead atoms. The Hall–Kier alpha value is -2.36. The zero-order chi connectivity index (χ0) is 14.0. The van der Waals surface area contributed by atoms with Crippen molar-refractivity contribution < 1.29 is 14.3 Å². The standard InChI is InChI=1S/C15H14FNO2/c1-17(2)15(19)11-5-3-4-10(8-11)13-7-6-12(18)9-14(13)16/h3-9,18H,1-2H3. The van der Waals surface area contributed by atoms with E-state index >= 15 is 0 Å². The van der Waals surface area contributed by atoms with Crippen molar-refractivity contribution in [3.05, 3.63) is 53.8 Å². The third-order valence-corrected chi connectivity index (χ3v) is 2.78. The molecule has 2 aromatic rings. The maximum absolute atomic E-state index is 13.8. The second-order valence-electron chi connectivity index (χ2n) is 4.44. The Morgan fingerprint density at radius 1 is 1.16 bits per heavy atom. The van der Waals surface area contributed by atoms with Gasteiger partial charge in [-0.2, -0.15) is 0 Å². The van der Waals surface area contributed by atoms with Crippen LogP contribution in [-0.4, -0.2) is 30.0 Å². The monoisotopic (exact) mass is 259 g/mol. The Balaban J connectivity index is 2.46. The number of aromatic hydroxyl groups is 1. The molecule has 3 nitrogen and oxygen atoms in total. The van der Waals surface area contributed by atoms with Crippen LogP contribution in [0.15, 0.2) is 42.5 Å². The highest BCUT2D eigenvalue weighted by atomic mass is 19.1. The molecule has 0 saturated heterocycles. The number of carbonyl (C=O) groups is 1. The predicted molar refractivity (Wildman–Crippen MR) is 71.5 cm³/mol. The highest BCUT2D eigenvalue weighted by molar-refractivity contribution is 5.95. The van der Waals surface area contributed by atoms with Crippen molar-refractivity contribution in [2.24, 2.45) is 0 Å². The normalized spacial score (nSPS) is 10.3. The summed E-state index contributed by atoms with van der Waals surface area (Å²) in [4.78, 5) is 13.3. The number of halogens is 1. The van der Waals surface area contributed by atoms with Gasteiger partial charge in [-0.1, -0.05) is 12.1 Å². The molecule has 0 saturated carbocycles. The van der Waals surface area contributed by atoms with Gasteiger partial charge in [0.05, 0.1) is 0 Å². The van der Waals surface area contributed by atoms with Gasteiger partial charge in [-0.15, -0.1) is 0 Å². The number of nitrogens with zero attached hydrogens (tertiary/aromatic N) is 1. The maximum Gasteiger partial charge on any atom is 0.253 e. The van der Waals surface area contributed by atoms with E-state index in [-0.39, 0.29) is 11.7 Å². The first kappa shape index (κ1) is 13.1. The predicted octanol–water partition coefficient (Wildman–Crippen LogP) is 2.90. The van der Waals surface area contributed by atoms with Crippen LogP contribution in [0.1, 0.15) is 10.4 Å². The Morgan fingerprint density at radius 2 is 1.89 bits per heavy atom. The van der Waals surface area contributed by atoms with Crippen molar-refractivity contribution in [1.82, 2.24) is 4.90 Å². The van der Waals surface area contributed by atoms with Gasteiger partial charge in [-0.3, -0.25) is 4.79 Å². The summed E-state index contributed by atoms with van der Waals surface area (Å²) in [6.45, 7) is 0. The van der Waals surface area contributed by atoms with Gasteiger partial charge in [-0.05, 0) is 29.8 Å². The first-order valence-corrected chi connectivity index (χ1v) is 5.79. The molecular weight excluding hydrogens is 245 g/mol. The fourth-order valence-corrected chi connectivity index (χ4v) is 1.82. The zero-order valence-corrected chi connectivity index (χ0v) is 10.7. The molecule has 0 aliphatic heterocycles. The first-order valence-electron chi connectivity index (χ1n) is 5.79. The van der Waals surface area contributed by atoms with E-state index in [4.69, 9.17) is 0 Å². The Morgan fingerprint density at radius 3 is 2.53 bits per heavy atom. The lowest BCUT2D eigenvalue weighted by Crippen LogP contribution is -2.21. The fourth-order valence-electron chi connectivity index (χ4n) is 1.82. The number of phenolic OH excluding ortho intramolecular Hbond substituents is 1. The zero-order valence-electron chi connectivity index (χ0n) is 10.7. The van der Waals surface area contributed by atoms with Gasteiger partial charge in [-0.25, -0.2) is 4.39 Å². The van der Waals surface area contributed by atoms with E-state index in [1.807, 2.05) is 0 Å². The van der Waals surface area contributed by atoms with Crippen LogP contribution in [0.2, 0.25) is 0 Å². The molecule has 4 heteroatoms. The Kier molecular flexibility index (Phi) is 3.51. The van der Waals surface area contributed by atoms with E-state index in [2.05, 4.69) is 0 Å². The van der Waals surface area contributed by atoms with Gasteiger partial charge >= 0.3 is 0 Å². The smallest absolute Gasteiger partial charge is 0.253 e. The summed E-state index contributed by atoms with van der Waals surface area (Å²) in [5.41, 5.74) is 1.45. The van der Waals surface area contributed by atoms with Crippen LogP contribution >= 0.6 is 0 Å². The van der Waals surface area contributed by atoms with Gasteiger partial charge in [0.15, 0.2) is 0 Å². The number of hydrogen-bond acceptors (Lipinski definition) is 2. The van der Waals surface area contributed by atoms with Crippen LogP contribution in [0, 0.1) is 5.82 Å². The average molecular weight is 259 g/mol. The number of carbonyl (C=O) groups excluding carboxylic acids is 1. The molecule has 0 unspecified atom stereocenters. The fraction of sp³-hybridized carbons (Fsp3) is 0.133. The molecule has 2 aromatic carbocycles. The van der Waals surface area contributed by atoms with E-state index in [0.29, 0.717) is 16.7 Å². The molecule has 0 aromatic heterocycles.